The Morgan fingerprint density at radius 1 is 1.26 bits per heavy atom. The monoisotopic (exact) mass is 320 g/mol. The molecule has 2 amide bonds. The molecule has 0 fully saturated rings. The van der Waals surface area contributed by atoms with Gasteiger partial charge >= 0.3 is 0 Å². The summed E-state index contributed by atoms with van der Waals surface area (Å²) in [5.74, 6) is 0.653. The number of nitrogens with one attached hydrogen (secondary N) is 2. The Bertz CT molecular complexity index is 535. The molecule has 5 nitrogen and oxygen atoms in total. The minimum atomic E-state index is -0.441. The Morgan fingerprint density at radius 2 is 1.96 bits per heavy atom. The van der Waals surface area contributed by atoms with Crippen LogP contribution in [0.3, 0.4) is 0 Å². The van der Waals surface area contributed by atoms with E-state index in [4.69, 9.17) is 4.74 Å². The molecule has 1 atom stereocenters. The number of carbonyl (C=O) groups is 2. The van der Waals surface area contributed by atoms with Gasteiger partial charge in [-0.1, -0.05) is 32.9 Å². The quantitative estimate of drug-likeness (QED) is 0.812. The van der Waals surface area contributed by atoms with Crippen molar-refractivity contribution < 1.29 is 14.3 Å². The summed E-state index contributed by atoms with van der Waals surface area (Å²) in [6.45, 7) is 10.3. The van der Waals surface area contributed by atoms with Gasteiger partial charge in [0.25, 0.3) is 0 Å². The van der Waals surface area contributed by atoms with Gasteiger partial charge in [-0.15, -0.1) is 0 Å². The normalized spacial score (nSPS) is 12.4. The first-order chi connectivity index (χ1) is 10.7. The van der Waals surface area contributed by atoms with Gasteiger partial charge in [0.2, 0.25) is 11.8 Å². The van der Waals surface area contributed by atoms with Crippen LogP contribution in [0.1, 0.15) is 52.6 Å². The maximum Gasteiger partial charge on any atom is 0.225 e. The van der Waals surface area contributed by atoms with Gasteiger partial charge in [-0.3, -0.25) is 9.59 Å². The van der Waals surface area contributed by atoms with Crippen LogP contribution in [0.2, 0.25) is 0 Å². The summed E-state index contributed by atoms with van der Waals surface area (Å²) < 4.78 is 5.46. The molecular weight excluding hydrogens is 292 g/mol. The highest BCUT2D eigenvalue weighted by Crippen LogP contribution is 2.19. The SMILES string of the molecule is CCOc1cccc([C@H](C)NC(=O)CCNC(=O)C(C)(C)C)c1. The van der Waals surface area contributed by atoms with Gasteiger partial charge in [0, 0.05) is 18.4 Å². The summed E-state index contributed by atoms with van der Waals surface area (Å²) in [6.07, 6.45) is 0.261. The molecule has 1 aromatic carbocycles. The Morgan fingerprint density at radius 3 is 2.57 bits per heavy atom. The number of amides is 2. The van der Waals surface area contributed by atoms with Crippen LogP contribution >= 0.6 is 0 Å². The van der Waals surface area contributed by atoms with Crippen molar-refractivity contribution in [2.45, 2.75) is 47.1 Å². The molecule has 5 heteroatoms. The first-order valence-corrected chi connectivity index (χ1v) is 8.04. The van der Waals surface area contributed by atoms with Crippen LogP contribution in [-0.2, 0) is 9.59 Å². The molecule has 0 aromatic heterocycles. The van der Waals surface area contributed by atoms with Gasteiger partial charge < -0.3 is 15.4 Å². The molecule has 2 N–H and O–H groups in total. The first kappa shape index (κ1) is 19.0. The number of rotatable bonds is 7. The van der Waals surface area contributed by atoms with Crippen molar-refractivity contribution in [1.82, 2.24) is 10.6 Å². The maximum atomic E-state index is 12.0. The molecule has 0 saturated carbocycles. The summed E-state index contributed by atoms with van der Waals surface area (Å²) in [5.41, 5.74) is 0.548. The fourth-order valence-corrected chi connectivity index (χ4v) is 1.99. The van der Waals surface area contributed by atoms with Crippen molar-refractivity contribution in [2.24, 2.45) is 5.41 Å². The van der Waals surface area contributed by atoms with Crippen molar-refractivity contribution in [2.75, 3.05) is 13.2 Å². The lowest BCUT2D eigenvalue weighted by molar-refractivity contribution is -0.128. The first-order valence-electron chi connectivity index (χ1n) is 8.04. The van der Waals surface area contributed by atoms with Crippen LogP contribution in [0, 0.1) is 5.41 Å². The van der Waals surface area contributed by atoms with Gasteiger partial charge in [-0.2, -0.15) is 0 Å². The summed E-state index contributed by atoms with van der Waals surface area (Å²) in [5, 5.41) is 5.70. The topological polar surface area (TPSA) is 67.4 Å². The fourth-order valence-electron chi connectivity index (χ4n) is 1.99. The van der Waals surface area contributed by atoms with Crippen molar-refractivity contribution in [3.63, 3.8) is 0 Å². The third-order valence-corrected chi connectivity index (χ3v) is 3.37. The minimum Gasteiger partial charge on any atom is -0.494 e. The molecule has 0 aliphatic rings. The molecule has 128 valence electrons. The van der Waals surface area contributed by atoms with E-state index in [9.17, 15) is 9.59 Å². The zero-order valence-corrected chi connectivity index (χ0v) is 14.7. The molecule has 0 aliphatic carbocycles. The maximum absolute atomic E-state index is 12.0. The minimum absolute atomic E-state index is 0.0530. The lowest BCUT2D eigenvalue weighted by Crippen LogP contribution is -2.37. The van der Waals surface area contributed by atoms with E-state index in [0.29, 0.717) is 13.2 Å². The molecule has 0 unspecified atom stereocenters. The molecule has 0 radical (unpaired) electrons. The van der Waals surface area contributed by atoms with Crippen LogP contribution in [0.15, 0.2) is 24.3 Å². The van der Waals surface area contributed by atoms with Crippen LogP contribution in [0.4, 0.5) is 0 Å². The second-order valence-corrected chi connectivity index (χ2v) is 6.55. The zero-order valence-electron chi connectivity index (χ0n) is 14.7. The molecular formula is C18H28N2O3. The lowest BCUT2D eigenvalue weighted by Gasteiger charge is -2.18. The van der Waals surface area contributed by atoms with E-state index in [-0.39, 0.29) is 24.3 Å². The van der Waals surface area contributed by atoms with Gasteiger partial charge in [0.15, 0.2) is 0 Å². The predicted molar refractivity (Wildman–Crippen MR) is 91.3 cm³/mol. The summed E-state index contributed by atoms with van der Waals surface area (Å²) in [4.78, 5) is 23.7. The van der Waals surface area contributed by atoms with Gasteiger partial charge in [0.05, 0.1) is 12.6 Å². The Kier molecular flexibility index (Phi) is 7.07. The van der Waals surface area contributed by atoms with Crippen molar-refractivity contribution >= 4 is 11.8 Å². The van der Waals surface area contributed by atoms with E-state index in [1.54, 1.807) is 0 Å². The van der Waals surface area contributed by atoms with E-state index < -0.39 is 5.41 Å². The number of hydrogen-bond donors (Lipinski definition) is 2. The van der Waals surface area contributed by atoms with E-state index in [0.717, 1.165) is 11.3 Å². The average molecular weight is 320 g/mol. The van der Waals surface area contributed by atoms with Crippen LogP contribution in [0.25, 0.3) is 0 Å². The van der Waals surface area contributed by atoms with Crippen LogP contribution in [-0.4, -0.2) is 25.0 Å². The van der Waals surface area contributed by atoms with E-state index >= 15 is 0 Å². The number of ether oxygens (including phenoxy) is 1. The van der Waals surface area contributed by atoms with Crippen molar-refractivity contribution in [1.29, 1.82) is 0 Å². The molecule has 1 aromatic rings. The standard InChI is InChI=1S/C18H28N2O3/c1-6-23-15-9-7-8-14(12-15)13(2)20-16(21)10-11-19-17(22)18(3,4)5/h7-9,12-13H,6,10-11H2,1-5H3,(H,19,22)(H,20,21)/t13-/m0/s1. The Balaban J connectivity index is 2.45. The second-order valence-electron chi connectivity index (χ2n) is 6.55. The molecule has 23 heavy (non-hydrogen) atoms. The third-order valence-electron chi connectivity index (χ3n) is 3.37. The Labute approximate surface area is 138 Å². The highest BCUT2D eigenvalue weighted by atomic mass is 16.5. The van der Waals surface area contributed by atoms with Crippen molar-refractivity contribution in [3.8, 4) is 5.75 Å². The van der Waals surface area contributed by atoms with Gasteiger partial charge in [0.1, 0.15) is 5.75 Å². The van der Waals surface area contributed by atoms with E-state index in [1.807, 2.05) is 58.9 Å². The largest absolute Gasteiger partial charge is 0.494 e. The van der Waals surface area contributed by atoms with Crippen molar-refractivity contribution in [3.05, 3.63) is 29.8 Å². The summed E-state index contributed by atoms with van der Waals surface area (Å²) >= 11 is 0. The lowest BCUT2D eigenvalue weighted by atomic mass is 9.96. The van der Waals surface area contributed by atoms with Crippen LogP contribution in [0.5, 0.6) is 5.75 Å². The number of carbonyl (C=O) groups excluding carboxylic acids is 2. The molecule has 0 saturated heterocycles. The molecule has 0 spiro atoms. The summed E-state index contributed by atoms with van der Waals surface area (Å²) in [6, 6.07) is 7.57. The second kappa shape index (κ2) is 8.56. The third kappa shape index (κ3) is 6.72. The van der Waals surface area contributed by atoms with Gasteiger partial charge in [-0.25, -0.2) is 0 Å². The summed E-state index contributed by atoms with van der Waals surface area (Å²) in [7, 11) is 0. The zero-order chi connectivity index (χ0) is 17.5. The van der Waals surface area contributed by atoms with Crippen LogP contribution < -0.4 is 15.4 Å². The average Bonchev–Trinajstić information content (AvgIpc) is 2.46. The Hall–Kier alpha value is -2.04. The molecule has 0 aliphatic heterocycles. The van der Waals surface area contributed by atoms with E-state index in [2.05, 4.69) is 10.6 Å². The van der Waals surface area contributed by atoms with Gasteiger partial charge in [-0.05, 0) is 31.5 Å². The number of hydrogen-bond acceptors (Lipinski definition) is 3. The molecule has 1 rings (SSSR count). The molecule has 0 bridgehead atoms. The highest BCUT2D eigenvalue weighted by molar-refractivity contribution is 5.82. The van der Waals surface area contributed by atoms with E-state index in [1.165, 1.54) is 0 Å². The molecule has 0 heterocycles. The predicted octanol–water partition coefficient (Wildman–Crippen LogP) is 2.81. The highest BCUT2D eigenvalue weighted by Gasteiger charge is 2.20. The number of benzene rings is 1. The smallest absolute Gasteiger partial charge is 0.225 e. The fraction of sp³-hybridized carbons (Fsp3) is 0.556.